The lowest BCUT2D eigenvalue weighted by molar-refractivity contribution is -0.127. The smallest absolute Gasteiger partial charge is 0.223 e. The van der Waals surface area contributed by atoms with Gasteiger partial charge in [0, 0.05) is 18.9 Å². The molecule has 3 nitrogen and oxygen atoms in total. The first-order valence-electron chi connectivity index (χ1n) is 6.70. The molecule has 17 heavy (non-hydrogen) atoms. The van der Waals surface area contributed by atoms with Crippen LogP contribution in [0.5, 0.6) is 0 Å². The van der Waals surface area contributed by atoms with Gasteiger partial charge in [0.05, 0.1) is 0 Å². The second-order valence-corrected chi connectivity index (χ2v) is 4.84. The van der Waals surface area contributed by atoms with Gasteiger partial charge in [0.2, 0.25) is 5.91 Å². The summed E-state index contributed by atoms with van der Waals surface area (Å²) in [5.41, 5.74) is 5.72. The van der Waals surface area contributed by atoms with Gasteiger partial charge in [-0.3, -0.25) is 4.79 Å². The maximum Gasteiger partial charge on any atom is 0.223 e. The van der Waals surface area contributed by atoms with E-state index < -0.39 is 0 Å². The molecule has 0 bridgehead atoms. The van der Waals surface area contributed by atoms with E-state index >= 15 is 0 Å². The number of nitrogens with one attached hydrogen (secondary N) is 1. The normalized spacial score (nSPS) is 24.0. The molecule has 0 saturated heterocycles. The van der Waals surface area contributed by atoms with Gasteiger partial charge >= 0.3 is 0 Å². The van der Waals surface area contributed by atoms with Crippen LogP contribution in [-0.2, 0) is 4.79 Å². The van der Waals surface area contributed by atoms with Crippen LogP contribution in [0.3, 0.4) is 0 Å². The Hall–Kier alpha value is -1.01. The second-order valence-electron chi connectivity index (χ2n) is 4.84. The molecule has 2 atom stereocenters. The van der Waals surface area contributed by atoms with Gasteiger partial charge in [0.15, 0.2) is 0 Å². The van der Waals surface area contributed by atoms with E-state index in [1.165, 1.54) is 6.42 Å². The highest BCUT2D eigenvalue weighted by atomic mass is 16.1. The van der Waals surface area contributed by atoms with Crippen molar-refractivity contribution in [2.45, 2.75) is 44.9 Å². The molecule has 0 aromatic heterocycles. The van der Waals surface area contributed by atoms with E-state index in [4.69, 9.17) is 12.2 Å². The molecule has 96 valence electrons. The Morgan fingerprint density at radius 1 is 1.35 bits per heavy atom. The van der Waals surface area contributed by atoms with Crippen LogP contribution in [0.25, 0.3) is 0 Å². The zero-order chi connectivity index (χ0) is 12.5. The van der Waals surface area contributed by atoms with E-state index in [1.807, 2.05) is 0 Å². The van der Waals surface area contributed by atoms with Crippen molar-refractivity contribution in [2.24, 2.45) is 17.6 Å². The molecule has 2 unspecified atom stereocenters. The average Bonchev–Trinajstić information content (AvgIpc) is 2.38. The zero-order valence-electron chi connectivity index (χ0n) is 10.6. The highest BCUT2D eigenvalue weighted by Crippen LogP contribution is 2.29. The number of rotatable bonds is 6. The fraction of sp³-hybridized carbons (Fsp3) is 0.786. The number of unbranched alkanes of at least 4 members (excludes halogenated alkanes) is 2. The van der Waals surface area contributed by atoms with E-state index in [0.717, 1.165) is 45.1 Å². The summed E-state index contributed by atoms with van der Waals surface area (Å²) >= 11 is 0. The van der Waals surface area contributed by atoms with Gasteiger partial charge < -0.3 is 11.1 Å². The van der Waals surface area contributed by atoms with Crippen molar-refractivity contribution in [1.82, 2.24) is 5.32 Å². The quantitative estimate of drug-likeness (QED) is 0.544. The molecule has 0 aromatic rings. The third-order valence-corrected chi connectivity index (χ3v) is 3.60. The van der Waals surface area contributed by atoms with Gasteiger partial charge in [0.1, 0.15) is 0 Å². The van der Waals surface area contributed by atoms with Gasteiger partial charge in [-0.2, -0.15) is 0 Å². The number of hydrogen-bond acceptors (Lipinski definition) is 2. The average molecular weight is 236 g/mol. The Morgan fingerprint density at radius 3 is 2.82 bits per heavy atom. The van der Waals surface area contributed by atoms with Crippen LogP contribution in [0, 0.1) is 24.2 Å². The number of amides is 1. The Labute approximate surface area is 105 Å². The van der Waals surface area contributed by atoms with Crippen LogP contribution in [0.1, 0.15) is 44.9 Å². The number of carbonyl (C=O) groups excluding carboxylic acids is 1. The van der Waals surface area contributed by atoms with Gasteiger partial charge in [-0.15, -0.1) is 12.3 Å². The molecule has 1 fully saturated rings. The lowest BCUT2D eigenvalue weighted by Gasteiger charge is -2.29. The summed E-state index contributed by atoms with van der Waals surface area (Å²) in [5.74, 6) is 3.33. The predicted octanol–water partition coefficient (Wildman–Crippen LogP) is 1.67. The van der Waals surface area contributed by atoms with Crippen molar-refractivity contribution in [1.29, 1.82) is 0 Å². The van der Waals surface area contributed by atoms with Crippen LogP contribution in [0.2, 0.25) is 0 Å². The molecule has 0 aliphatic heterocycles. The van der Waals surface area contributed by atoms with Crippen molar-refractivity contribution in [2.75, 3.05) is 13.1 Å². The van der Waals surface area contributed by atoms with Crippen LogP contribution >= 0.6 is 0 Å². The van der Waals surface area contributed by atoms with Crippen LogP contribution in [0.4, 0.5) is 0 Å². The molecule has 1 rings (SSSR count). The molecule has 0 heterocycles. The molecular weight excluding hydrogens is 212 g/mol. The Kier molecular flexibility index (Phi) is 6.73. The number of nitrogens with two attached hydrogens (primary N) is 1. The van der Waals surface area contributed by atoms with Crippen molar-refractivity contribution in [3.63, 3.8) is 0 Å². The third-order valence-electron chi connectivity index (χ3n) is 3.60. The van der Waals surface area contributed by atoms with Crippen molar-refractivity contribution in [3.05, 3.63) is 0 Å². The van der Waals surface area contributed by atoms with Crippen molar-refractivity contribution in [3.8, 4) is 12.3 Å². The summed E-state index contributed by atoms with van der Waals surface area (Å²) in [6, 6.07) is 0. The minimum Gasteiger partial charge on any atom is -0.356 e. The van der Waals surface area contributed by atoms with E-state index in [-0.39, 0.29) is 11.8 Å². The van der Waals surface area contributed by atoms with E-state index in [0.29, 0.717) is 12.5 Å². The molecule has 0 spiro atoms. The summed E-state index contributed by atoms with van der Waals surface area (Å²) in [5, 5.41) is 3.01. The van der Waals surface area contributed by atoms with Crippen LogP contribution in [-0.4, -0.2) is 19.0 Å². The minimum absolute atomic E-state index is 0.140. The molecular formula is C14H24N2O. The predicted molar refractivity (Wildman–Crippen MR) is 70.2 cm³/mol. The van der Waals surface area contributed by atoms with Crippen molar-refractivity contribution < 1.29 is 4.79 Å². The first-order chi connectivity index (χ1) is 8.29. The molecule has 1 aliphatic rings. The highest BCUT2D eigenvalue weighted by Gasteiger charge is 2.29. The van der Waals surface area contributed by atoms with Gasteiger partial charge in [-0.25, -0.2) is 0 Å². The number of hydrogen-bond donors (Lipinski definition) is 2. The summed E-state index contributed by atoms with van der Waals surface area (Å²) in [4.78, 5) is 12.0. The number of carbonyl (C=O) groups is 1. The second kappa shape index (κ2) is 8.14. The first kappa shape index (κ1) is 14.1. The lowest BCUT2D eigenvalue weighted by atomic mass is 9.79. The molecule has 1 amide bonds. The lowest BCUT2D eigenvalue weighted by Crippen LogP contribution is -2.39. The monoisotopic (exact) mass is 236 g/mol. The molecule has 1 aliphatic carbocycles. The standard InChI is InChI=1S/C14H24N2O/c1-2-3-4-7-10-16-14(17)13-9-6-5-8-12(13)11-15/h1,12-13H,3-11,15H2,(H,16,17). The molecule has 3 heteroatoms. The number of terminal acetylenes is 1. The Morgan fingerprint density at radius 2 is 2.12 bits per heavy atom. The molecule has 3 N–H and O–H groups in total. The summed E-state index contributed by atoms with van der Waals surface area (Å²) in [7, 11) is 0. The third kappa shape index (κ3) is 4.79. The van der Waals surface area contributed by atoms with Crippen LogP contribution < -0.4 is 11.1 Å². The summed E-state index contributed by atoms with van der Waals surface area (Å²) in [6.45, 7) is 1.38. The van der Waals surface area contributed by atoms with E-state index in [9.17, 15) is 4.79 Å². The Balaban J connectivity index is 2.23. The van der Waals surface area contributed by atoms with E-state index in [1.54, 1.807) is 0 Å². The summed E-state index contributed by atoms with van der Waals surface area (Å²) < 4.78 is 0. The fourth-order valence-corrected chi connectivity index (χ4v) is 2.53. The zero-order valence-corrected chi connectivity index (χ0v) is 10.6. The SMILES string of the molecule is C#CCCCCNC(=O)C1CCCCC1CN. The maximum absolute atomic E-state index is 12.0. The first-order valence-corrected chi connectivity index (χ1v) is 6.70. The maximum atomic E-state index is 12.0. The summed E-state index contributed by atoms with van der Waals surface area (Å²) in [6.07, 6.45) is 12.4. The highest BCUT2D eigenvalue weighted by molar-refractivity contribution is 5.79. The van der Waals surface area contributed by atoms with Gasteiger partial charge in [-0.1, -0.05) is 12.8 Å². The topological polar surface area (TPSA) is 55.1 Å². The molecule has 0 radical (unpaired) electrons. The van der Waals surface area contributed by atoms with Crippen molar-refractivity contribution >= 4 is 5.91 Å². The molecule has 0 aromatic carbocycles. The fourth-order valence-electron chi connectivity index (χ4n) is 2.53. The van der Waals surface area contributed by atoms with Gasteiger partial charge in [-0.05, 0) is 38.1 Å². The van der Waals surface area contributed by atoms with E-state index in [2.05, 4.69) is 11.2 Å². The largest absolute Gasteiger partial charge is 0.356 e. The van der Waals surface area contributed by atoms with Crippen LogP contribution in [0.15, 0.2) is 0 Å². The Bertz CT molecular complexity index is 270. The minimum atomic E-state index is 0.140. The van der Waals surface area contributed by atoms with Gasteiger partial charge in [0.25, 0.3) is 0 Å². The molecule has 1 saturated carbocycles.